The lowest BCUT2D eigenvalue weighted by molar-refractivity contribution is 0.0985. The average Bonchev–Trinajstić information content (AvgIpc) is 3.07. The molecular weight excluding hydrogens is 398 g/mol. The Hall–Kier alpha value is -2.19. The van der Waals surface area contributed by atoms with Crippen molar-refractivity contribution in [3.8, 4) is 0 Å². The number of anilines is 1. The van der Waals surface area contributed by atoms with E-state index < -0.39 is 24.9 Å². The molecule has 1 amide bonds. The van der Waals surface area contributed by atoms with Crippen LogP contribution in [0.3, 0.4) is 0 Å². The van der Waals surface area contributed by atoms with Crippen LogP contribution in [0.5, 0.6) is 0 Å². The van der Waals surface area contributed by atoms with Gasteiger partial charge in [0.2, 0.25) is 0 Å². The Labute approximate surface area is 165 Å². The van der Waals surface area contributed by atoms with Gasteiger partial charge in [-0.3, -0.25) is 4.79 Å². The van der Waals surface area contributed by atoms with Crippen molar-refractivity contribution in [1.82, 2.24) is 0 Å². The van der Waals surface area contributed by atoms with Crippen molar-refractivity contribution >= 4 is 31.3 Å². The van der Waals surface area contributed by atoms with Crippen LogP contribution in [0.25, 0.3) is 0 Å². The maximum atomic E-state index is 13.1. The van der Waals surface area contributed by atoms with E-state index >= 15 is 0 Å². The number of fused-ring (bicyclic) bond motifs is 1. The van der Waals surface area contributed by atoms with E-state index in [9.17, 15) is 21.6 Å². The first-order valence-corrected chi connectivity index (χ1v) is 12.6. The molecule has 2 aromatic carbocycles. The second-order valence-corrected chi connectivity index (χ2v) is 11.7. The van der Waals surface area contributed by atoms with Crippen LogP contribution in [0.15, 0.2) is 53.4 Å². The van der Waals surface area contributed by atoms with Crippen LogP contribution in [-0.4, -0.2) is 46.0 Å². The van der Waals surface area contributed by atoms with Gasteiger partial charge in [-0.2, -0.15) is 0 Å². The van der Waals surface area contributed by atoms with Gasteiger partial charge in [-0.1, -0.05) is 24.3 Å². The molecule has 4 rings (SSSR count). The molecule has 0 N–H and O–H groups in total. The Morgan fingerprint density at radius 2 is 1.86 bits per heavy atom. The lowest BCUT2D eigenvalue weighted by atomic mass is 10.0. The van der Waals surface area contributed by atoms with Crippen LogP contribution < -0.4 is 4.90 Å². The standard InChI is InChI=1S/C20H21NO5S2/c22-20(21-11-4-7-15-5-1-2-9-19(15)21)16-6-3-8-17(13-16)28(25,26)18-10-12-27(23,24)14-18/h1-3,5-6,8-9,13,18H,4,7,10-12,14H2. The fraction of sp³-hybridized carbons (Fsp3) is 0.350. The number of rotatable bonds is 3. The van der Waals surface area contributed by atoms with Crippen LogP contribution in [0.1, 0.15) is 28.8 Å². The van der Waals surface area contributed by atoms with Gasteiger partial charge in [0.25, 0.3) is 5.91 Å². The number of sulfone groups is 2. The van der Waals surface area contributed by atoms with Crippen molar-refractivity contribution in [3.05, 3.63) is 59.7 Å². The minimum atomic E-state index is -3.81. The van der Waals surface area contributed by atoms with E-state index in [0.717, 1.165) is 24.1 Å². The van der Waals surface area contributed by atoms with Crippen LogP contribution in [0, 0.1) is 0 Å². The summed E-state index contributed by atoms with van der Waals surface area (Å²) >= 11 is 0. The van der Waals surface area contributed by atoms with Crippen molar-refractivity contribution in [2.24, 2.45) is 0 Å². The van der Waals surface area contributed by atoms with Crippen LogP contribution in [0.4, 0.5) is 5.69 Å². The van der Waals surface area contributed by atoms with E-state index in [1.165, 1.54) is 12.1 Å². The summed E-state index contributed by atoms with van der Waals surface area (Å²) in [6.45, 7) is 0.577. The molecule has 1 unspecified atom stereocenters. The van der Waals surface area contributed by atoms with Gasteiger partial charge in [-0.15, -0.1) is 0 Å². The van der Waals surface area contributed by atoms with Crippen LogP contribution >= 0.6 is 0 Å². The molecule has 1 atom stereocenters. The van der Waals surface area contributed by atoms with Crippen LogP contribution in [0.2, 0.25) is 0 Å². The number of carbonyl (C=O) groups excluding carboxylic acids is 1. The third kappa shape index (κ3) is 3.46. The summed E-state index contributed by atoms with van der Waals surface area (Å²) < 4.78 is 49.1. The van der Waals surface area contributed by atoms with Crippen molar-refractivity contribution in [2.45, 2.75) is 29.4 Å². The molecule has 2 heterocycles. The minimum Gasteiger partial charge on any atom is -0.308 e. The molecule has 28 heavy (non-hydrogen) atoms. The summed E-state index contributed by atoms with van der Waals surface area (Å²) in [5.41, 5.74) is 2.24. The van der Waals surface area contributed by atoms with Crippen molar-refractivity contribution in [3.63, 3.8) is 0 Å². The van der Waals surface area contributed by atoms with Gasteiger partial charge < -0.3 is 4.90 Å². The van der Waals surface area contributed by atoms with Gasteiger partial charge in [0, 0.05) is 17.8 Å². The Morgan fingerprint density at radius 3 is 2.61 bits per heavy atom. The molecule has 0 saturated carbocycles. The van der Waals surface area contributed by atoms with E-state index in [4.69, 9.17) is 0 Å². The van der Waals surface area contributed by atoms with Crippen molar-refractivity contribution in [2.75, 3.05) is 23.0 Å². The Kier molecular flexibility index (Phi) is 4.79. The zero-order chi connectivity index (χ0) is 19.9. The largest absolute Gasteiger partial charge is 0.308 e. The molecule has 1 fully saturated rings. The van der Waals surface area contributed by atoms with E-state index in [1.807, 2.05) is 24.3 Å². The zero-order valence-corrected chi connectivity index (χ0v) is 16.9. The monoisotopic (exact) mass is 419 g/mol. The molecule has 148 valence electrons. The zero-order valence-electron chi connectivity index (χ0n) is 15.2. The number of hydrogen-bond donors (Lipinski definition) is 0. The lowest BCUT2D eigenvalue weighted by Crippen LogP contribution is -2.35. The van der Waals surface area contributed by atoms with Gasteiger partial charge in [-0.25, -0.2) is 16.8 Å². The predicted molar refractivity (Wildman–Crippen MR) is 107 cm³/mol. The van der Waals surface area contributed by atoms with E-state index in [1.54, 1.807) is 17.0 Å². The summed E-state index contributed by atoms with van der Waals surface area (Å²) in [7, 11) is -7.12. The highest BCUT2D eigenvalue weighted by Gasteiger charge is 2.38. The molecular formula is C20H21NO5S2. The molecule has 2 aromatic rings. The molecule has 2 aliphatic rings. The number of aryl methyl sites for hydroxylation is 1. The van der Waals surface area contributed by atoms with E-state index in [2.05, 4.69) is 0 Å². The predicted octanol–water partition coefficient (Wildman–Crippen LogP) is 2.24. The highest BCUT2D eigenvalue weighted by molar-refractivity contribution is 7.96. The summed E-state index contributed by atoms with van der Waals surface area (Å²) in [6, 6.07) is 13.7. The van der Waals surface area contributed by atoms with E-state index in [-0.39, 0.29) is 28.7 Å². The molecule has 6 nitrogen and oxygen atoms in total. The smallest absolute Gasteiger partial charge is 0.258 e. The third-order valence-corrected chi connectivity index (χ3v) is 9.56. The van der Waals surface area contributed by atoms with Crippen LogP contribution in [-0.2, 0) is 26.1 Å². The Bertz CT molecular complexity index is 1140. The van der Waals surface area contributed by atoms with Crippen molar-refractivity contribution in [1.29, 1.82) is 0 Å². The molecule has 0 aromatic heterocycles. The molecule has 8 heteroatoms. The molecule has 0 radical (unpaired) electrons. The lowest BCUT2D eigenvalue weighted by Gasteiger charge is -2.29. The van der Waals surface area contributed by atoms with Gasteiger partial charge in [0.05, 0.1) is 21.7 Å². The second-order valence-electron chi connectivity index (χ2n) is 7.29. The fourth-order valence-corrected chi connectivity index (χ4v) is 8.31. The number of carbonyl (C=O) groups is 1. The van der Waals surface area contributed by atoms with Gasteiger partial charge >= 0.3 is 0 Å². The van der Waals surface area contributed by atoms with Gasteiger partial charge in [-0.05, 0) is 49.1 Å². The molecule has 0 bridgehead atoms. The summed E-state index contributed by atoms with van der Waals surface area (Å²) in [6.07, 6.45) is 1.85. The first-order chi connectivity index (χ1) is 13.3. The molecule has 1 saturated heterocycles. The molecule has 0 spiro atoms. The maximum Gasteiger partial charge on any atom is 0.258 e. The molecule has 0 aliphatic carbocycles. The summed E-state index contributed by atoms with van der Waals surface area (Å²) in [4.78, 5) is 14.8. The first kappa shape index (κ1) is 19.1. The highest BCUT2D eigenvalue weighted by atomic mass is 32.2. The summed E-state index contributed by atoms with van der Waals surface area (Å²) in [5, 5.41) is -0.946. The number of hydrogen-bond acceptors (Lipinski definition) is 5. The van der Waals surface area contributed by atoms with Gasteiger partial charge in [0.15, 0.2) is 19.7 Å². The number of para-hydroxylation sites is 1. The quantitative estimate of drug-likeness (QED) is 0.761. The maximum absolute atomic E-state index is 13.1. The fourth-order valence-electron chi connectivity index (χ4n) is 3.90. The normalized spacial score (nSPS) is 21.3. The summed E-state index contributed by atoms with van der Waals surface area (Å²) in [5.74, 6) is -0.712. The third-order valence-electron chi connectivity index (χ3n) is 5.39. The highest BCUT2D eigenvalue weighted by Crippen LogP contribution is 2.30. The number of nitrogens with zero attached hydrogens (tertiary/aromatic N) is 1. The minimum absolute atomic E-state index is 0.00532. The average molecular weight is 420 g/mol. The molecule has 2 aliphatic heterocycles. The SMILES string of the molecule is O=C(c1cccc(S(=O)(=O)C2CCS(=O)(=O)C2)c1)N1CCCc2ccccc21. The first-order valence-electron chi connectivity index (χ1n) is 9.22. The number of amides is 1. The van der Waals surface area contributed by atoms with Crippen molar-refractivity contribution < 1.29 is 21.6 Å². The van der Waals surface area contributed by atoms with Gasteiger partial charge in [0.1, 0.15) is 0 Å². The second kappa shape index (κ2) is 7.00. The topological polar surface area (TPSA) is 88.6 Å². The number of benzene rings is 2. The van der Waals surface area contributed by atoms with E-state index in [0.29, 0.717) is 12.1 Å². The Morgan fingerprint density at radius 1 is 1.07 bits per heavy atom. The Balaban J connectivity index is 1.66.